The molecule has 3 aliphatic rings. The lowest BCUT2D eigenvalue weighted by Crippen LogP contribution is -2.37. The molecule has 0 spiro atoms. The molecule has 0 aliphatic carbocycles. The molecule has 0 aromatic carbocycles. The Kier molecular flexibility index (Phi) is 1.96. The van der Waals surface area contributed by atoms with Gasteiger partial charge in [0.2, 0.25) is 0 Å². The van der Waals surface area contributed by atoms with Crippen molar-refractivity contribution in [2.24, 2.45) is 4.99 Å². The third-order valence-corrected chi connectivity index (χ3v) is 2.82. The standard InChI is InChI=1S/C11H12N4O/c1-2-7-3-4-12-6-8(5-7)15-10-9(13-10)14-11(15)16/h3-4,6,9-10,13H,2H2,1H3,(H,14,16). The van der Waals surface area contributed by atoms with E-state index in [2.05, 4.69) is 28.3 Å². The molecule has 0 bridgehead atoms. The van der Waals surface area contributed by atoms with Gasteiger partial charge in [0.05, 0.1) is 6.21 Å². The molecule has 3 aliphatic heterocycles. The van der Waals surface area contributed by atoms with Gasteiger partial charge in [0, 0.05) is 6.20 Å². The van der Waals surface area contributed by atoms with Crippen LogP contribution in [0.25, 0.3) is 0 Å². The summed E-state index contributed by atoms with van der Waals surface area (Å²) in [7, 11) is 0. The number of allylic oxidation sites excluding steroid dienone is 2. The van der Waals surface area contributed by atoms with Crippen LogP contribution >= 0.6 is 0 Å². The largest absolute Gasteiger partial charge is 0.325 e. The van der Waals surface area contributed by atoms with Crippen LogP contribution in [0.4, 0.5) is 4.79 Å². The van der Waals surface area contributed by atoms with E-state index in [4.69, 9.17) is 0 Å². The van der Waals surface area contributed by atoms with Gasteiger partial charge in [-0.3, -0.25) is 15.2 Å². The molecule has 82 valence electrons. The molecular formula is C11H12N4O. The summed E-state index contributed by atoms with van der Waals surface area (Å²) in [5.41, 5.74) is 4.98. The Morgan fingerprint density at radius 3 is 3.19 bits per heavy atom. The second-order valence-electron chi connectivity index (χ2n) is 3.89. The van der Waals surface area contributed by atoms with Crippen LogP contribution in [0, 0.1) is 0 Å². The second-order valence-corrected chi connectivity index (χ2v) is 3.89. The summed E-state index contributed by atoms with van der Waals surface area (Å²) < 4.78 is 0. The van der Waals surface area contributed by atoms with Gasteiger partial charge >= 0.3 is 6.03 Å². The average molecular weight is 216 g/mol. The van der Waals surface area contributed by atoms with Crippen molar-refractivity contribution < 1.29 is 4.79 Å². The highest BCUT2D eigenvalue weighted by Gasteiger charge is 2.52. The van der Waals surface area contributed by atoms with Crippen LogP contribution in [0.5, 0.6) is 0 Å². The number of nitrogens with zero attached hydrogens (tertiary/aromatic N) is 2. The maximum absolute atomic E-state index is 11.6. The molecule has 0 saturated carbocycles. The number of rotatable bonds is 2. The third-order valence-electron chi connectivity index (χ3n) is 2.82. The Labute approximate surface area is 93.2 Å². The zero-order valence-corrected chi connectivity index (χ0v) is 8.90. The van der Waals surface area contributed by atoms with Gasteiger partial charge in [0.15, 0.2) is 0 Å². The summed E-state index contributed by atoms with van der Waals surface area (Å²) in [5.74, 6) is 0. The van der Waals surface area contributed by atoms with E-state index in [0.29, 0.717) is 0 Å². The first-order valence-corrected chi connectivity index (χ1v) is 5.35. The Bertz CT molecular complexity index is 470. The minimum Gasteiger partial charge on any atom is -0.319 e. The summed E-state index contributed by atoms with van der Waals surface area (Å²) >= 11 is 0. The number of aliphatic imine (C=N–C) groups is 1. The fraction of sp³-hybridized carbons (Fsp3) is 0.364. The molecule has 2 N–H and O–H groups in total. The number of urea groups is 1. The van der Waals surface area contributed by atoms with Crippen molar-refractivity contribution in [2.75, 3.05) is 0 Å². The lowest BCUT2D eigenvalue weighted by Gasteiger charge is -2.15. The summed E-state index contributed by atoms with van der Waals surface area (Å²) in [5, 5.41) is 5.96. The van der Waals surface area contributed by atoms with Crippen molar-refractivity contribution in [3.05, 3.63) is 29.3 Å². The number of amides is 2. The molecule has 2 saturated heterocycles. The van der Waals surface area contributed by atoms with Gasteiger partial charge < -0.3 is 5.32 Å². The van der Waals surface area contributed by atoms with E-state index >= 15 is 0 Å². The molecular weight excluding hydrogens is 204 g/mol. The lowest BCUT2D eigenvalue weighted by molar-refractivity contribution is 0.220. The van der Waals surface area contributed by atoms with Crippen molar-refractivity contribution in [2.45, 2.75) is 25.7 Å². The maximum atomic E-state index is 11.6. The normalized spacial score (nSPS) is 30.6. The fourth-order valence-electron chi connectivity index (χ4n) is 1.87. The number of hydrogen-bond donors (Lipinski definition) is 2. The predicted octanol–water partition coefficient (Wildman–Crippen LogP) is 0.684. The number of nitrogens with one attached hydrogen (secondary N) is 2. The number of carbonyl (C=O) groups excluding carboxylic acids is 1. The smallest absolute Gasteiger partial charge is 0.319 e. The van der Waals surface area contributed by atoms with E-state index in [1.54, 1.807) is 17.3 Å². The Balaban J connectivity index is 1.99. The number of carbonyl (C=O) groups is 1. The predicted molar refractivity (Wildman–Crippen MR) is 59.5 cm³/mol. The molecule has 2 unspecified atom stereocenters. The highest BCUT2D eigenvalue weighted by Crippen LogP contribution is 2.25. The molecule has 16 heavy (non-hydrogen) atoms. The molecule has 2 atom stereocenters. The monoisotopic (exact) mass is 216 g/mol. The van der Waals surface area contributed by atoms with Gasteiger partial charge in [-0.1, -0.05) is 12.7 Å². The van der Waals surface area contributed by atoms with Crippen LogP contribution < -0.4 is 10.6 Å². The van der Waals surface area contributed by atoms with Crippen molar-refractivity contribution in [3.8, 4) is 0 Å². The van der Waals surface area contributed by atoms with Gasteiger partial charge in [0.25, 0.3) is 0 Å². The van der Waals surface area contributed by atoms with Crippen molar-refractivity contribution in [3.63, 3.8) is 0 Å². The first-order valence-electron chi connectivity index (χ1n) is 5.35. The zero-order valence-electron chi connectivity index (χ0n) is 8.90. The van der Waals surface area contributed by atoms with E-state index < -0.39 is 0 Å². The van der Waals surface area contributed by atoms with Gasteiger partial charge in [-0.2, -0.15) is 0 Å². The first kappa shape index (κ1) is 9.39. The van der Waals surface area contributed by atoms with Gasteiger partial charge in [0.1, 0.15) is 18.0 Å². The SMILES string of the molecule is CCC1=C=C(N2C(=O)NC3NC32)C=NC=C1. The van der Waals surface area contributed by atoms with E-state index in [-0.39, 0.29) is 18.4 Å². The molecule has 0 aromatic heterocycles. The van der Waals surface area contributed by atoms with Gasteiger partial charge in [-0.15, -0.1) is 0 Å². The van der Waals surface area contributed by atoms with Crippen LogP contribution in [-0.4, -0.2) is 29.5 Å². The van der Waals surface area contributed by atoms with Crippen molar-refractivity contribution in [1.29, 1.82) is 0 Å². The Morgan fingerprint density at radius 2 is 2.50 bits per heavy atom. The molecule has 0 radical (unpaired) electrons. The third kappa shape index (κ3) is 1.38. The van der Waals surface area contributed by atoms with Crippen LogP contribution in [-0.2, 0) is 0 Å². The first-order chi connectivity index (χ1) is 7.79. The molecule has 5 heteroatoms. The quantitative estimate of drug-likeness (QED) is 0.526. The molecule has 3 heterocycles. The molecule has 3 rings (SSSR count). The van der Waals surface area contributed by atoms with E-state index in [9.17, 15) is 4.79 Å². The highest BCUT2D eigenvalue weighted by molar-refractivity contribution is 5.90. The van der Waals surface area contributed by atoms with Gasteiger partial charge in [-0.25, -0.2) is 4.79 Å². The zero-order chi connectivity index (χ0) is 11.1. The molecule has 0 aromatic rings. The van der Waals surface area contributed by atoms with E-state index in [1.165, 1.54) is 0 Å². The van der Waals surface area contributed by atoms with Crippen LogP contribution in [0.1, 0.15) is 13.3 Å². The molecule has 2 fully saturated rings. The minimum atomic E-state index is -0.0833. The minimum absolute atomic E-state index is 0.0673. The summed E-state index contributed by atoms with van der Waals surface area (Å²) in [6.45, 7) is 2.05. The topological polar surface area (TPSA) is 66.6 Å². The summed E-state index contributed by atoms with van der Waals surface area (Å²) in [6.07, 6.45) is 6.34. The van der Waals surface area contributed by atoms with Crippen LogP contribution in [0.15, 0.2) is 34.3 Å². The number of fused-ring (bicyclic) bond motifs is 1. The Morgan fingerprint density at radius 1 is 1.62 bits per heavy atom. The highest BCUT2D eigenvalue weighted by atomic mass is 16.2. The lowest BCUT2D eigenvalue weighted by atomic mass is 10.2. The fourth-order valence-corrected chi connectivity index (χ4v) is 1.87. The van der Waals surface area contributed by atoms with Crippen molar-refractivity contribution in [1.82, 2.24) is 15.5 Å². The van der Waals surface area contributed by atoms with Gasteiger partial charge in [-0.05, 0) is 18.1 Å². The molecule has 5 nitrogen and oxygen atoms in total. The van der Waals surface area contributed by atoms with E-state index in [1.807, 2.05) is 6.08 Å². The number of hydrogen-bond acceptors (Lipinski definition) is 3. The van der Waals surface area contributed by atoms with E-state index in [0.717, 1.165) is 17.7 Å². The second kappa shape index (κ2) is 3.33. The van der Waals surface area contributed by atoms with Crippen molar-refractivity contribution >= 4 is 12.2 Å². The average Bonchev–Trinajstić information content (AvgIpc) is 2.99. The van der Waals surface area contributed by atoms with Crippen LogP contribution in [0.3, 0.4) is 0 Å². The Hall–Kier alpha value is -1.84. The molecule has 2 amide bonds. The summed E-state index contributed by atoms with van der Waals surface area (Å²) in [4.78, 5) is 17.4. The van der Waals surface area contributed by atoms with Crippen LogP contribution in [0.2, 0.25) is 0 Å². The maximum Gasteiger partial charge on any atom is 0.325 e. The summed E-state index contributed by atoms with van der Waals surface area (Å²) in [6, 6.07) is -0.0833.